The third-order valence-electron chi connectivity index (χ3n) is 3.78. The zero-order valence-corrected chi connectivity index (χ0v) is 15.5. The van der Waals surface area contributed by atoms with E-state index in [0.29, 0.717) is 4.88 Å². The van der Waals surface area contributed by atoms with Crippen molar-refractivity contribution in [2.24, 2.45) is 0 Å². The second-order valence-corrected chi connectivity index (χ2v) is 6.91. The van der Waals surface area contributed by atoms with Crippen molar-refractivity contribution in [2.75, 3.05) is 0 Å². The van der Waals surface area contributed by atoms with Crippen molar-refractivity contribution in [1.29, 1.82) is 0 Å². The molecule has 1 atom stereocenters. The van der Waals surface area contributed by atoms with E-state index in [1.165, 1.54) is 49.0 Å². The molecule has 0 radical (unpaired) electrons. The van der Waals surface area contributed by atoms with E-state index in [4.69, 9.17) is 4.42 Å². The molecular formula is C19H16FN3O4S. The van der Waals surface area contributed by atoms with E-state index in [9.17, 15) is 18.8 Å². The molecule has 144 valence electrons. The molecule has 0 fully saturated rings. The van der Waals surface area contributed by atoms with Gasteiger partial charge in [0.15, 0.2) is 0 Å². The first-order chi connectivity index (χ1) is 13.4. The molecule has 0 aliphatic carbocycles. The number of furan rings is 1. The largest absolute Gasteiger partial charge is 0.472 e. The molecule has 3 rings (SSSR count). The lowest BCUT2D eigenvalue weighted by atomic mass is 10.2. The lowest BCUT2D eigenvalue weighted by molar-refractivity contribution is -0.123. The van der Waals surface area contributed by atoms with Gasteiger partial charge in [-0.1, -0.05) is 12.1 Å². The van der Waals surface area contributed by atoms with Crippen LogP contribution in [0.25, 0.3) is 10.4 Å². The molecule has 1 aromatic carbocycles. The van der Waals surface area contributed by atoms with Crippen molar-refractivity contribution in [2.45, 2.75) is 13.0 Å². The molecule has 2 heterocycles. The lowest BCUT2D eigenvalue weighted by Crippen LogP contribution is -2.50. The zero-order valence-electron chi connectivity index (χ0n) is 14.7. The van der Waals surface area contributed by atoms with Crippen molar-refractivity contribution in [3.8, 4) is 10.4 Å². The third-order valence-corrected chi connectivity index (χ3v) is 4.92. The zero-order chi connectivity index (χ0) is 20.1. The summed E-state index contributed by atoms with van der Waals surface area (Å²) in [4.78, 5) is 37.3. The summed E-state index contributed by atoms with van der Waals surface area (Å²) in [5.74, 6) is -1.89. The minimum atomic E-state index is -0.874. The highest BCUT2D eigenvalue weighted by Gasteiger charge is 2.18. The molecule has 2 aromatic heterocycles. The molecule has 3 N–H and O–H groups in total. The highest BCUT2D eigenvalue weighted by Crippen LogP contribution is 2.28. The van der Waals surface area contributed by atoms with E-state index in [1.54, 1.807) is 24.3 Å². The van der Waals surface area contributed by atoms with Gasteiger partial charge in [0.05, 0.1) is 16.7 Å². The maximum Gasteiger partial charge on any atom is 0.279 e. The predicted molar refractivity (Wildman–Crippen MR) is 101 cm³/mol. The fraction of sp³-hybridized carbons (Fsp3) is 0.105. The number of halogens is 1. The van der Waals surface area contributed by atoms with Gasteiger partial charge in [-0.3, -0.25) is 25.2 Å². The number of amides is 3. The molecule has 0 saturated carbocycles. The summed E-state index contributed by atoms with van der Waals surface area (Å²) in [5, 5.41) is 2.49. The Labute approximate surface area is 163 Å². The standard InChI is InChI=1S/C19H16FN3O4S/c1-11(21-18(25)13-8-9-27-10-13)17(24)22-23-19(26)16-7-6-15(28-16)12-2-4-14(20)5-3-12/h2-11H,1H3,(H,21,25)(H,22,24)(H,23,26). The summed E-state index contributed by atoms with van der Waals surface area (Å²) in [6.45, 7) is 1.48. The maximum absolute atomic E-state index is 13.0. The van der Waals surface area contributed by atoms with Crippen molar-refractivity contribution in [3.05, 3.63) is 71.2 Å². The van der Waals surface area contributed by atoms with E-state index >= 15 is 0 Å². The Morgan fingerprint density at radius 2 is 1.75 bits per heavy atom. The van der Waals surface area contributed by atoms with E-state index in [-0.39, 0.29) is 11.4 Å². The SMILES string of the molecule is CC(NC(=O)c1ccoc1)C(=O)NNC(=O)c1ccc(-c2ccc(F)cc2)s1. The number of hydrogen-bond donors (Lipinski definition) is 3. The van der Waals surface area contributed by atoms with Crippen LogP contribution in [0.15, 0.2) is 59.4 Å². The Hall–Kier alpha value is -3.46. The topological polar surface area (TPSA) is 100 Å². The van der Waals surface area contributed by atoms with Crippen LogP contribution < -0.4 is 16.2 Å². The van der Waals surface area contributed by atoms with Gasteiger partial charge in [-0.25, -0.2) is 4.39 Å². The Bertz CT molecular complexity index is 983. The highest BCUT2D eigenvalue weighted by atomic mass is 32.1. The van der Waals surface area contributed by atoms with Crippen LogP contribution in [0.1, 0.15) is 27.0 Å². The van der Waals surface area contributed by atoms with Gasteiger partial charge in [-0.2, -0.15) is 0 Å². The van der Waals surface area contributed by atoms with Gasteiger partial charge in [0, 0.05) is 4.88 Å². The summed E-state index contributed by atoms with van der Waals surface area (Å²) in [7, 11) is 0. The molecule has 7 nitrogen and oxygen atoms in total. The molecule has 0 spiro atoms. The molecule has 0 bridgehead atoms. The second kappa shape index (κ2) is 8.49. The highest BCUT2D eigenvalue weighted by molar-refractivity contribution is 7.17. The number of hydrogen-bond acceptors (Lipinski definition) is 5. The normalized spacial score (nSPS) is 11.5. The van der Waals surface area contributed by atoms with Crippen LogP contribution in [0.2, 0.25) is 0 Å². The van der Waals surface area contributed by atoms with Crippen molar-refractivity contribution < 1.29 is 23.2 Å². The van der Waals surface area contributed by atoms with Gasteiger partial charge in [0.2, 0.25) is 0 Å². The average molecular weight is 401 g/mol. The number of rotatable bonds is 5. The first kappa shape index (κ1) is 19.3. The first-order valence-corrected chi connectivity index (χ1v) is 9.04. The summed E-state index contributed by atoms with van der Waals surface area (Å²) in [6.07, 6.45) is 2.61. The van der Waals surface area contributed by atoms with Crippen molar-refractivity contribution in [1.82, 2.24) is 16.2 Å². The van der Waals surface area contributed by atoms with Crippen LogP contribution in [0.3, 0.4) is 0 Å². The number of carbonyl (C=O) groups is 3. The molecule has 9 heteroatoms. The van der Waals surface area contributed by atoms with Crippen LogP contribution in [-0.4, -0.2) is 23.8 Å². The lowest BCUT2D eigenvalue weighted by Gasteiger charge is -2.13. The summed E-state index contributed by atoms with van der Waals surface area (Å²) < 4.78 is 17.8. The number of thiophene rings is 1. The summed E-state index contributed by atoms with van der Waals surface area (Å²) >= 11 is 1.20. The molecule has 0 saturated heterocycles. The quantitative estimate of drug-likeness (QED) is 0.572. The fourth-order valence-electron chi connectivity index (χ4n) is 2.26. The van der Waals surface area contributed by atoms with E-state index in [2.05, 4.69) is 16.2 Å². The Balaban J connectivity index is 1.53. The minimum Gasteiger partial charge on any atom is -0.472 e. The Morgan fingerprint density at radius 3 is 2.43 bits per heavy atom. The molecule has 0 aliphatic rings. The van der Waals surface area contributed by atoms with E-state index in [1.807, 2.05) is 0 Å². The molecular weight excluding hydrogens is 385 g/mol. The number of hydrazine groups is 1. The predicted octanol–water partition coefficient (Wildman–Crippen LogP) is 2.73. The van der Waals surface area contributed by atoms with Crippen LogP contribution >= 0.6 is 11.3 Å². The summed E-state index contributed by atoms with van der Waals surface area (Å²) in [6, 6.07) is 9.86. The van der Waals surface area contributed by atoms with E-state index in [0.717, 1.165) is 10.4 Å². The number of nitrogens with one attached hydrogen (secondary N) is 3. The fourth-order valence-corrected chi connectivity index (χ4v) is 3.16. The Morgan fingerprint density at radius 1 is 1.00 bits per heavy atom. The van der Waals surface area contributed by atoms with Gasteiger partial charge in [0.25, 0.3) is 17.7 Å². The maximum atomic E-state index is 13.0. The van der Waals surface area contributed by atoms with Crippen LogP contribution in [0.4, 0.5) is 4.39 Å². The van der Waals surface area contributed by atoms with Crippen LogP contribution in [0, 0.1) is 5.82 Å². The summed E-state index contributed by atoms with van der Waals surface area (Å²) in [5.41, 5.74) is 5.64. The average Bonchev–Trinajstić information content (AvgIpc) is 3.38. The van der Waals surface area contributed by atoms with Gasteiger partial charge in [0.1, 0.15) is 18.1 Å². The van der Waals surface area contributed by atoms with Crippen molar-refractivity contribution >= 4 is 29.1 Å². The first-order valence-electron chi connectivity index (χ1n) is 8.23. The molecule has 3 amide bonds. The second-order valence-electron chi connectivity index (χ2n) is 5.82. The van der Waals surface area contributed by atoms with E-state index < -0.39 is 23.8 Å². The molecule has 28 heavy (non-hydrogen) atoms. The number of carbonyl (C=O) groups excluding carboxylic acids is 3. The van der Waals surface area contributed by atoms with Crippen LogP contribution in [0.5, 0.6) is 0 Å². The van der Waals surface area contributed by atoms with Crippen molar-refractivity contribution in [3.63, 3.8) is 0 Å². The monoisotopic (exact) mass is 401 g/mol. The minimum absolute atomic E-state index is 0.288. The Kier molecular flexibility index (Phi) is 5.85. The smallest absolute Gasteiger partial charge is 0.279 e. The van der Waals surface area contributed by atoms with Gasteiger partial charge in [-0.05, 0) is 42.8 Å². The molecule has 3 aromatic rings. The van der Waals surface area contributed by atoms with Gasteiger partial charge < -0.3 is 9.73 Å². The van der Waals surface area contributed by atoms with Gasteiger partial charge >= 0.3 is 0 Å². The molecule has 1 unspecified atom stereocenters. The molecule has 0 aliphatic heterocycles. The third kappa shape index (κ3) is 4.63. The van der Waals surface area contributed by atoms with Crippen LogP contribution in [-0.2, 0) is 4.79 Å². The number of benzene rings is 1. The van der Waals surface area contributed by atoms with Gasteiger partial charge in [-0.15, -0.1) is 11.3 Å².